The van der Waals surface area contributed by atoms with Crippen molar-refractivity contribution < 1.29 is 9.53 Å². The van der Waals surface area contributed by atoms with Crippen molar-refractivity contribution in [2.45, 2.75) is 58.8 Å². The lowest BCUT2D eigenvalue weighted by molar-refractivity contribution is -0.143. The van der Waals surface area contributed by atoms with Crippen LogP contribution in [0.4, 0.5) is 0 Å². The van der Waals surface area contributed by atoms with Crippen LogP contribution in [0.15, 0.2) is 16.8 Å². The van der Waals surface area contributed by atoms with Crippen molar-refractivity contribution in [1.82, 2.24) is 0 Å². The van der Waals surface area contributed by atoms with Crippen LogP contribution in [0, 0.1) is 0 Å². The average molecular weight is 259 g/mol. The van der Waals surface area contributed by atoms with Crippen molar-refractivity contribution in [3.05, 3.63) is 16.8 Å². The number of hydrogen-bond donors (Lipinski definition) is 0. The topological polar surface area (TPSA) is 26.3 Å². The zero-order valence-corrected chi connectivity index (χ0v) is 11.7. The molecular formula is C14H23ClO2. The largest absolute Gasteiger partial charge is 0.466 e. The molecule has 2 nitrogen and oxygen atoms in total. The van der Waals surface area contributed by atoms with Crippen LogP contribution in [0.5, 0.6) is 0 Å². The number of allylic oxidation sites excluding steroid dienone is 1. The fourth-order valence-electron chi connectivity index (χ4n) is 1.61. The second-order valence-electron chi connectivity index (χ2n) is 3.97. The normalized spacial score (nSPS) is 9.59. The molecule has 0 saturated carbocycles. The number of carbonyl (C=O) groups excluding carboxylic acids is 1. The molecule has 0 unspecified atom stereocenters. The average Bonchev–Trinajstić information content (AvgIpc) is 2.29. The molecule has 0 rings (SSSR count). The van der Waals surface area contributed by atoms with Crippen molar-refractivity contribution in [3.63, 3.8) is 0 Å². The van der Waals surface area contributed by atoms with E-state index in [1.54, 1.807) is 0 Å². The summed E-state index contributed by atoms with van der Waals surface area (Å²) < 4.78 is 4.88. The van der Waals surface area contributed by atoms with Gasteiger partial charge in [0.25, 0.3) is 0 Å². The lowest BCUT2D eigenvalue weighted by Gasteiger charge is -2.04. The van der Waals surface area contributed by atoms with E-state index in [0.29, 0.717) is 13.0 Å². The molecule has 3 heteroatoms. The maximum absolute atomic E-state index is 11.2. The molecule has 0 radical (unpaired) electrons. The van der Waals surface area contributed by atoms with E-state index in [9.17, 15) is 4.79 Å². The molecule has 0 aromatic rings. The number of ether oxygens (including phenoxy) is 1. The smallest absolute Gasteiger partial charge is 0.305 e. The van der Waals surface area contributed by atoms with Crippen LogP contribution in [0.25, 0.3) is 0 Å². The molecule has 0 amide bonds. The Hall–Kier alpha value is -0.720. The summed E-state index contributed by atoms with van der Waals surface area (Å²) in [5, 5.41) is 0. The van der Waals surface area contributed by atoms with Crippen LogP contribution in [-0.2, 0) is 9.53 Å². The SMILES string of the molecule is CCCCCC(=C=CCl)CCCC(=O)OCC. The third-order valence-electron chi connectivity index (χ3n) is 2.51. The van der Waals surface area contributed by atoms with E-state index in [1.165, 1.54) is 30.4 Å². The maximum atomic E-state index is 11.2. The lowest BCUT2D eigenvalue weighted by Crippen LogP contribution is -2.03. The van der Waals surface area contributed by atoms with Gasteiger partial charge in [-0.2, -0.15) is 0 Å². The Morgan fingerprint density at radius 1 is 1.18 bits per heavy atom. The molecule has 17 heavy (non-hydrogen) atoms. The molecule has 0 saturated heterocycles. The van der Waals surface area contributed by atoms with Crippen molar-refractivity contribution in [1.29, 1.82) is 0 Å². The van der Waals surface area contributed by atoms with Gasteiger partial charge in [-0.3, -0.25) is 4.79 Å². The van der Waals surface area contributed by atoms with E-state index >= 15 is 0 Å². The first kappa shape index (κ1) is 16.3. The molecule has 0 fully saturated rings. The highest BCUT2D eigenvalue weighted by Crippen LogP contribution is 2.15. The fourth-order valence-corrected chi connectivity index (χ4v) is 1.77. The van der Waals surface area contributed by atoms with Crippen molar-refractivity contribution >= 4 is 17.6 Å². The fraction of sp³-hybridized carbons (Fsp3) is 0.714. The van der Waals surface area contributed by atoms with Crippen molar-refractivity contribution in [2.75, 3.05) is 6.61 Å². The first-order valence-electron chi connectivity index (χ1n) is 6.43. The summed E-state index contributed by atoms with van der Waals surface area (Å²) in [4.78, 5) is 11.2. The zero-order chi connectivity index (χ0) is 12.9. The molecule has 0 N–H and O–H groups in total. The van der Waals surface area contributed by atoms with Gasteiger partial charge in [0.05, 0.1) is 6.61 Å². The number of unbranched alkanes of at least 4 members (excludes halogenated alkanes) is 2. The Kier molecular flexibility index (Phi) is 11.3. The molecule has 0 aliphatic rings. The minimum atomic E-state index is -0.115. The van der Waals surface area contributed by atoms with Crippen LogP contribution in [0.1, 0.15) is 58.8 Å². The van der Waals surface area contributed by atoms with Gasteiger partial charge in [0.2, 0.25) is 0 Å². The summed E-state index contributed by atoms with van der Waals surface area (Å²) in [7, 11) is 0. The monoisotopic (exact) mass is 258 g/mol. The number of hydrogen-bond acceptors (Lipinski definition) is 2. The summed E-state index contributed by atoms with van der Waals surface area (Å²) in [6.45, 7) is 4.46. The highest BCUT2D eigenvalue weighted by Gasteiger charge is 2.03. The van der Waals surface area contributed by atoms with Gasteiger partial charge in [0.1, 0.15) is 0 Å². The van der Waals surface area contributed by atoms with Crippen LogP contribution >= 0.6 is 11.6 Å². The van der Waals surface area contributed by atoms with Gasteiger partial charge in [-0.05, 0) is 38.2 Å². The first-order chi connectivity index (χ1) is 8.24. The summed E-state index contributed by atoms with van der Waals surface area (Å²) in [6.07, 6.45) is 6.81. The molecule has 0 bridgehead atoms. The highest BCUT2D eigenvalue weighted by atomic mass is 35.5. The van der Waals surface area contributed by atoms with E-state index in [2.05, 4.69) is 12.7 Å². The van der Waals surface area contributed by atoms with E-state index < -0.39 is 0 Å². The molecule has 0 heterocycles. The Morgan fingerprint density at radius 3 is 2.47 bits per heavy atom. The van der Waals surface area contributed by atoms with Crippen molar-refractivity contribution in [2.24, 2.45) is 0 Å². The molecule has 0 aromatic heterocycles. The molecule has 0 aliphatic carbocycles. The van der Waals surface area contributed by atoms with Crippen LogP contribution in [0.3, 0.4) is 0 Å². The van der Waals surface area contributed by atoms with Gasteiger partial charge in [0, 0.05) is 12.0 Å². The predicted octanol–water partition coefficient (Wildman–Crippen LogP) is 4.58. The Morgan fingerprint density at radius 2 is 1.88 bits per heavy atom. The van der Waals surface area contributed by atoms with Crippen LogP contribution in [-0.4, -0.2) is 12.6 Å². The Bertz CT molecular complexity index is 265. The van der Waals surface area contributed by atoms with Gasteiger partial charge in [-0.15, -0.1) is 5.73 Å². The Labute approximate surface area is 110 Å². The quantitative estimate of drug-likeness (QED) is 0.344. The number of halogens is 1. The van der Waals surface area contributed by atoms with Gasteiger partial charge < -0.3 is 4.74 Å². The highest BCUT2D eigenvalue weighted by molar-refractivity contribution is 6.25. The number of carbonyl (C=O) groups is 1. The predicted molar refractivity (Wildman–Crippen MR) is 72.1 cm³/mol. The van der Waals surface area contributed by atoms with E-state index in [1.807, 2.05) is 6.92 Å². The third-order valence-corrected chi connectivity index (χ3v) is 2.61. The van der Waals surface area contributed by atoms with Gasteiger partial charge in [-0.1, -0.05) is 31.4 Å². The molecule has 0 aliphatic heterocycles. The first-order valence-corrected chi connectivity index (χ1v) is 6.87. The van der Waals surface area contributed by atoms with Gasteiger partial charge in [0.15, 0.2) is 0 Å². The maximum Gasteiger partial charge on any atom is 0.305 e. The molecule has 0 spiro atoms. The number of rotatable bonds is 9. The van der Waals surface area contributed by atoms with Crippen molar-refractivity contribution in [3.8, 4) is 0 Å². The second kappa shape index (κ2) is 11.8. The van der Waals surface area contributed by atoms with E-state index in [-0.39, 0.29) is 5.97 Å². The molecule has 98 valence electrons. The summed E-state index contributed by atoms with van der Waals surface area (Å²) in [5.74, 6) is -0.115. The minimum Gasteiger partial charge on any atom is -0.466 e. The molecule has 0 aromatic carbocycles. The molecular weight excluding hydrogens is 236 g/mol. The van der Waals surface area contributed by atoms with Gasteiger partial charge >= 0.3 is 5.97 Å². The molecule has 0 atom stereocenters. The second-order valence-corrected chi connectivity index (χ2v) is 4.19. The van der Waals surface area contributed by atoms with Crippen LogP contribution < -0.4 is 0 Å². The summed E-state index contributed by atoms with van der Waals surface area (Å²) in [6, 6.07) is 0. The van der Waals surface area contributed by atoms with Crippen LogP contribution in [0.2, 0.25) is 0 Å². The van der Waals surface area contributed by atoms with E-state index in [0.717, 1.165) is 19.3 Å². The van der Waals surface area contributed by atoms with E-state index in [4.69, 9.17) is 16.3 Å². The summed E-state index contributed by atoms with van der Waals surface area (Å²) >= 11 is 5.55. The van der Waals surface area contributed by atoms with Gasteiger partial charge in [-0.25, -0.2) is 0 Å². The third kappa shape index (κ3) is 10.2. The standard InChI is InChI=1S/C14H23ClO2/c1-3-5-6-8-13(11-12-15)9-7-10-14(16)17-4-2/h12H,3-10H2,1-2H3. The zero-order valence-electron chi connectivity index (χ0n) is 10.9. The summed E-state index contributed by atoms with van der Waals surface area (Å²) in [5.41, 5.74) is 5.69. The Balaban J connectivity index is 3.86. The lowest BCUT2D eigenvalue weighted by atomic mass is 10.0. The number of esters is 1. The minimum absolute atomic E-state index is 0.115.